The number of carbonyl (C=O) groups excluding carboxylic acids is 1. The van der Waals surface area contributed by atoms with Crippen molar-refractivity contribution in [1.29, 1.82) is 0 Å². The van der Waals surface area contributed by atoms with Gasteiger partial charge in [-0.3, -0.25) is 0 Å². The quantitative estimate of drug-likeness (QED) is 0.492. The molecular weight excluding hydrogens is 274 g/mol. The van der Waals surface area contributed by atoms with Crippen molar-refractivity contribution in [1.82, 2.24) is 0 Å². The number of carbonyl (C=O) groups is 1. The highest BCUT2D eigenvalue weighted by atomic mass is 35.5. The average molecular weight is 286 g/mol. The van der Waals surface area contributed by atoms with Gasteiger partial charge in [0.15, 0.2) is 0 Å². The third-order valence-corrected chi connectivity index (χ3v) is 3.48. The molecule has 0 fully saturated rings. The minimum Gasteiger partial charge on any atom is -0.458 e. The molecule has 0 aliphatic carbocycles. The number of hydrogen-bond donors (Lipinski definition) is 0. The van der Waals surface area contributed by atoms with Crippen LogP contribution >= 0.6 is 11.6 Å². The zero-order chi connectivity index (χ0) is 14.0. The first kappa shape index (κ1) is 12.9. The summed E-state index contributed by atoms with van der Waals surface area (Å²) in [4.78, 5) is 14.8. The highest BCUT2D eigenvalue weighted by molar-refractivity contribution is 6.55. The number of rotatable bonds is 4. The molecule has 0 saturated heterocycles. The van der Waals surface area contributed by atoms with Crippen LogP contribution in [0.5, 0.6) is 0 Å². The third kappa shape index (κ3) is 2.45. The van der Waals surface area contributed by atoms with Gasteiger partial charge < -0.3 is 4.74 Å². The second-order valence-electron chi connectivity index (χ2n) is 4.51. The van der Waals surface area contributed by atoms with E-state index in [0.29, 0.717) is 5.71 Å². The van der Waals surface area contributed by atoms with Crippen LogP contribution in [0.2, 0.25) is 0 Å². The van der Waals surface area contributed by atoms with E-state index in [1.807, 2.05) is 60.7 Å². The van der Waals surface area contributed by atoms with E-state index in [1.54, 1.807) is 0 Å². The standard InChI is InChI=1S/C16H12ClNO2/c17-16(14(18-16)13-9-5-2-6-10-13)15(19)20-11-12-7-3-1-4-8-12/h1-10H,11H2. The topological polar surface area (TPSA) is 38.7 Å². The summed E-state index contributed by atoms with van der Waals surface area (Å²) in [6.07, 6.45) is 0. The normalized spacial score (nSPS) is 20.1. The van der Waals surface area contributed by atoms with Crippen LogP contribution in [-0.4, -0.2) is 16.7 Å². The van der Waals surface area contributed by atoms with Crippen LogP contribution in [0, 0.1) is 0 Å². The van der Waals surface area contributed by atoms with Gasteiger partial charge in [-0.15, -0.1) is 0 Å². The van der Waals surface area contributed by atoms with Crippen LogP contribution in [0.25, 0.3) is 0 Å². The van der Waals surface area contributed by atoms with E-state index in [2.05, 4.69) is 4.99 Å². The summed E-state index contributed by atoms with van der Waals surface area (Å²) in [5.74, 6) is -0.526. The van der Waals surface area contributed by atoms with Gasteiger partial charge in [0.05, 0.1) is 5.71 Å². The summed E-state index contributed by atoms with van der Waals surface area (Å²) < 4.78 is 5.22. The molecule has 1 heterocycles. The molecular formula is C16H12ClNO2. The van der Waals surface area contributed by atoms with Gasteiger partial charge in [0.1, 0.15) is 6.61 Å². The lowest BCUT2D eigenvalue weighted by Crippen LogP contribution is -2.26. The maximum atomic E-state index is 12.0. The predicted molar refractivity (Wildman–Crippen MR) is 77.8 cm³/mol. The van der Waals surface area contributed by atoms with E-state index >= 15 is 0 Å². The van der Waals surface area contributed by atoms with Gasteiger partial charge in [-0.2, -0.15) is 0 Å². The number of esters is 1. The second-order valence-corrected chi connectivity index (χ2v) is 5.06. The summed E-state index contributed by atoms with van der Waals surface area (Å²) >= 11 is 6.18. The van der Waals surface area contributed by atoms with E-state index in [1.165, 1.54) is 0 Å². The van der Waals surface area contributed by atoms with Crippen LogP contribution < -0.4 is 0 Å². The monoisotopic (exact) mass is 285 g/mol. The molecule has 0 radical (unpaired) electrons. The summed E-state index contributed by atoms with van der Waals surface area (Å²) in [6, 6.07) is 18.9. The van der Waals surface area contributed by atoms with Gasteiger partial charge in [-0.1, -0.05) is 72.3 Å². The molecule has 3 rings (SSSR count). The molecule has 1 aliphatic rings. The van der Waals surface area contributed by atoms with E-state index in [-0.39, 0.29) is 6.61 Å². The number of aliphatic imine (C=N–C) groups is 1. The Bertz CT molecular complexity index is 655. The maximum Gasteiger partial charge on any atom is 0.356 e. The predicted octanol–water partition coefficient (Wildman–Crippen LogP) is 3.17. The lowest BCUT2D eigenvalue weighted by molar-refractivity contribution is -0.145. The Labute approximate surface area is 121 Å². The van der Waals surface area contributed by atoms with Crippen LogP contribution in [0.4, 0.5) is 0 Å². The highest BCUT2D eigenvalue weighted by Gasteiger charge is 2.54. The van der Waals surface area contributed by atoms with Crippen LogP contribution in [0.3, 0.4) is 0 Å². The fraction of sp³-hybridized carbons (Fsp3) is 0.125. The van der Waals surface area contributed by atoms with Gasteiger partial charge in [0, 0.05) is 5.56 Å². The zero-order valence-corrected chi connectivity index (χ0v) is 11.4. The summed E-state index contributed by atoms with van der Waals surface area (Å²) in [7, 11) is 0. The SMILES string of the molecule is O=C(OCc1ccccc1)C1(Cl)N=C1c1ccccc1. The Morgan fingerprint density at radius 3 is 2.30 bits per heavy atom. The Morgan fingerprint density at radius 2 is 1.65 bits per heavy atom. The molecule has 0 amide bonds. The molecule has 0 spiro atoms. The Kier molecular flexibility index (Phi) is 3.28. The third-order valence-electron chi connectivity index (χ3n) is 3.06. The van der Waals surface area contributed by atoms with Crippen molar-refractivity contribution < 1.29 is 9.53 Å². The molecule has 2 aromatic rings. The van der Waals surface area contributed by atoms with Crippen molar-refractivity contribution in [3.05, 3.63) is 71.8 Å². The van der Waals surface area contributed by atoms with Gasteiger partial charge in [-0.05, 0) is 5.56 Å². The van der Waals surface area contributed by atoms with E-state index in [4.69, 9.17) is 16.3 Å². The number of alkyl halides is 1. The average Bonchev–Trinajstić information content (AvgIpc) is 3.20. The number of hydrogen-bond acceptors (Lipinski definition) is 3. The lowest BCUT2D eigenvalue weighted by atomic mass is 10.1. The number of ether oxygens (including phenoxy) is 1. The molecule has 20 heavy (non-hydrogen) atoms. The van der Waals surface area contributed by atoms with Gasteiger partial charge in [0.2, 0.25) is 0 Å². The van der Waals surface area contributed by atoms with Crippen LogP contribution in [0.1, 0.15) is 11.1 Å². The number of halogens is 1. The van der Waals surface area contributed by atoms with Crippen LogP contribution in [0.15, 0.2) is 65.7 Å². The number of benzene rings is 2. The molecule has 100 valence electrons. The summed E-state index contributed by atoms with van der Waals surface area (Å²) in [5, 5.41) is 0. The molecule has 0 aromatic heterocycles. The minimum atomic E-state index is -1.34. The first-order valence-corrected chi connectivity index (χ1v) is 6.64. The minimum absolute atomic E-state index is 0.200. The highest BCUT2D eigenvalue weighted by Crippen LogP contribution is 2.38. The van der Waals surface area contributed by atoms with Gasteiger partial charge >= 0.3 is 5.97 Å². The Hall–Kier alpha value is -2.13. The molecule has 0 N–H and O–H groups in total. The maximum absolute atomic E-state index is 12.0. The first-order chi connectivity index (χ1) is 9.70. The Morgan fingerprint density at radius 1 is 1.05 bits per heavy atom. The largest absolute Gasteiger partial charge is 0.458 e. The summed E-state index contributed by atoms with van der Waals surface area (Å²) in [6.45, 7) is 0.200. The van der Waals surface area contributed by atoms with Crippen molar-refractivity contribution in [2.75, 3.05) is 0 Å². The van der Waals surface area contributed by atoms with Crippen molar-refractivity contribution in [3.63, 3.8) is 0 Å². The fourth-order valence-electron chi connectivity index (χ4n) is 1.94. The van der Waals surface area contributed by atoms with Crippen molar-refractivity contribution in [2.24, 2.45) is 4.99 Å². The van der Waals surface area contributed by atoms with Gasteiger partial charge in [0.25, 0.3) is 5.00 Å². The first-order valence-electron chi connectivity index (χ1n) is 6.26. The molecule has 2 aromatic carbocycles. The number of nitrogens with zero attached hydrogens (tertiary/aromatic N) is 1. The van der Waals surface area contributed by atoms with Crippen molar-refractivity contribution in [2.45, 2.75) is 11.6 Å². The zero-order valence-electron chi connectivity index (χ0n) is 10.6. The molecule has 1 atom stereocenters. The van der Waals surface area contributed by atoms with E-state index in [0.717, 1.165) is 11.1 Å². The molecule has 1 aliphatic heterocycles. The van der Waals surface area contributed by atoms with Crippen LogP contribution in [-0.2, 0) is 16.1 Å². The smallest absolute Gasteiger partial charge is 0.356 e. The molecule has 3 nitrogen and oxygen atoms in total. The lowest BCUT2D eigenvalue weighted by Gasteiger charge is -2.08. The molecule has 4 heteroatoms. The second kappa shape index (κ2) is 5.10. The summed E-state index contributed by atoms with van der Waals surface area (Å²) in [5.41, 5.74) is 2.33. The fourth-order valence-corrected chi connectivity index (χ4v) is 2.19. The molecule has 0 bridgehead atoms. The Balaban J connectivity index is 1.62. The van der Waals surface area contributed by atoms with Crippen molar-refractivity contribution >= 4 is 23.3 Å². The molecule has 0 saturated carbocycles. The van der Waals surface area contributed by atoms with Crippen molar-refractivity contribution in [3.8, 4) is 0 Å². The van der Waals surface area contributed by atoms with E-state index < -0.39 is 11.0 Å². The van der Waals surface area contributed by atoms with Gasteiger partial charge in [-0.25, -0.2) is 9.79 Å². The van der Waals surface area contributed by atoms with E-state index in [9.17, 15) is 4.79 Å². The molecule has 1 unspecified atom stereocenters.